The third kappa shape index (κ3) is 5.10. The number of aromatic nitrogens is 2. The van der Waals surface area contributed by atoms with Gasteiger partial charge in [-0.05, 0) is 65.5 Å². The Kier molecular flexibility index (Phi) is 6.41. The number of nitrogens with zero attached hydrogens (tertiary/aromatic N) is 1. The number of nitrogens with one attached hydrogen (secondary N) is 2. The number of H-pyrrole nitrogens is 1. The van der Waals surface area contributed by atoms with Crippen LogP contribution in [0.15, 0.2) is 66.9 Å². The van der Waals surface area contributed by atoms with Crippen molar-refractivity contribution in [2.45, 2.75) is 13.0 Å². The van der Waals surface area contributed by atoms with Crippen LogP contribution in [0, 0.1) is 5.82 Å². The zero-order valence-corrected chi connectivity index (χ0v) is 17.0. The van der Waals surface area contributed by atoms with Gasteiger partial charge in [0.2, 0.25) is 5.88 Å². The number of pyridine rings is 1. The maximum absolute atomic E-state index is 13.1. The highest BCUT2D eigenvalue weighted by Crippen LogP contribution is 2.23. The molecule has 1 amide bonds. The van der Waals surface area contributed by atoms with Crippen molar-refractivity contribution in [3.05, 3.63) is 89.5 Å². The highest BCUT2D eigenvalue weighted by Gasteiger charge is 2.14. The van der Waals surface area contributed by atoms with Crippen LogP contribution in [0.4, 0.5) is 4.39 Å². The van der Waals surface area contributed by atoms with Crippen molar-refractivity contribution < 1.29 is 23.5 Å². The molecule has 7 nitrogen and oxygen atoms in total. The zero-order valence-electron chi connectivity index (χ0n) is 17.0. The predicted octanol–water partition coefficient (Wildman–Crippen LogP) is 4.14. The molecule has 0 unspecified atom stereocenters. The highest BCUT2D eigenvalue weighted by molar-refractivity contribution is 5.96. The minimum Gasteiger partial charge on any atom is -0.467 e. The van der Waals surface area contributed by atoms with E-state index in [1.54, 1.807) is 12.1 Å². The van der Waals surface area contributed by atoms with Gasteiger partial charge in [0.25, 0.3) is 12.4 Å². The third-order valence-electron chi connectivity index (χ3n) is 4.80. The molecule has 4 aromatic rings. The summed E-state index contributed by atoms with van der Waals surface area (Å²) in [5.74, 6) is -0.195. The summed E-state index contributed by atoms with van der Waals surface area (Å²) < 4.78 is 23.5. The van der Waals surface area contributed by atoms with Gasteiger partial charge in [-0.25, -0.2) is 9.37 Å². The average Bonchev–Trinajstić information content (AvgIpc) is 3.21. The predicted molar refractivity (Wildman–Crippen MR) is 116 cm³/mol. The summed E-state index contributed by atoms with van der Waals surface area (Å²) in [6.07, 6.45) is 2.12. The molecule has 0 aliphatic carbocycles. The molecule has 0 saturated heterocycles. The quantitative estimate of drug-likeness (QED) is 0.306. The van der Waals surface area contributed by atoms with E-state index in [1.807, 2.05) is 24.3 Å². The zero-order chi connectivity index (χ0) is 22.3. The standard InChI is InChI=1S/C24H20FN3O4/c25-18-4-6-20(7-5-18)32-24-21(2-1-10-26-24)23(30)27-14-16-3-8-22-17(12-16)13-19(28-22)9-11-31-15-29/h1-8,10,12-13,15,28H,9,11,14H2,(H,27,30). The Balaban J connectivity index is 1.42. The smallest absolute Gasteiger partial charge is 0.293 e. The molecule has 162 valence electrons. The first-order valence-corrected chi connectivity index (χ1v) is 9.95. The minimum absolute atomic E-state index is 0.139. The van der Waals surface area contributed by atoms with E-state index in [1.165, 1.54) is 30.5 Å². The van der Waals surface area contributed by atoms with Crippen LogP contribution >= 0.6 is 0 Å². The van der Waals surface area contributed by atoms with Gasteiger partial charge < -0.3 is 19.8 Å². The molecule has 0 spiro atoms. The molecule has 4 rings (SSSR count). The molecule has 2 aromatic carbocycles. The molecule has 0 fully saturated rings. The second-order valence-corrected chi connectivity index (χ2v) is 7.03. The first kappa shape index (κ1) is 21.0. The number of carbonyl (C=O) groups is 2. The molecule has 0 bridgehead atoms. The van der Waals surface area contributed by atoms with Gasteiger partial charge in [-0.1, -0.05) is 6.07 Å². The Morgan fingerprint density at radius 2 is 1.97 bits per heavy atom. The lowest BCUT2D eigenvalue weighted by Crippen LogP contribution is -2.23. The lowest BCUT2D eigenvalue weighted by Gasteiger charge is -2.10. The van der Waals surface area contributed by atoms with Gasteiger partial charge in [-0.15, -0.1) is 0 Å². The number of benzene rings is 2. The molecule has 2 heterocycles. The monoisotopic (exact) mass is 433 g/mol. The molecule has 2 N–H and O–H groups in total. The van der Waals surface area contributed by atoms with Crippen molar-refractivity contribution in [3.8, 4) is 11.6 Å². The minimum atomic E-state index is -0.378. The molecule has 8 heteroatoms. The second kappa shape index (κ2) is 9.74. The van der Waals surface area contributed by atoms with Crippen molar-refractivity contribution in [2.75, 3.05) is 6.61 Å². The Bertz CT molecular complexity index is 1240. The summed E-state index contributed by atoms with van der Waals surface area (Å²) in [5.41, 5.74) is 3.12. The first-order valence-electron chi connectivity index (χ1n) is 9.95. The van der Waals surface area contributed by atoms with E-state index in [2.05, 4.69) is 15.3 Å². The van der Waals surface area contributed by atoms with Gasteiger partial charge in [0.05, 0.1) is 6.61 Å². The van der Waals surface area contributed by atoms with Gasteiger partial charge in [-0.2, -0.15) is 0 Å². The van der Waals surface area contributed by atoms with Crippen molar-refractivity contribution in [3.63, 3.8) is 0 Å². The largest absolute Gasteiger partial charge is 0.467 e. The summed E-state index contributed by atoms with van der Waals surface area (Å²) in [7, 11) is 0. The number of rotatable bonds is 9. The summed E-state index contributed by atoms with van der Waals surface area (Å²) in [6, 6.07) is 16.6. The van der Waals surface area contributed by atoms with E-state index in [4.69, 9.17) is 9.47 Å². The van der Waals surface area contributed by atoms with Gasteiger partial charge in [0.15, 0.2) is 0 Å². The van der Waals surface area contributed by atoms with Crippen molar-refractivity contribution in [1.29, 1.82) is 0 Å². The van der Waals surface area contributed by atoms with Crippen LogP contribution in [-0.2, 0) is 22.5 Å². The summed E-state index contributed by atoms with van der Waals surface area (Å²) in [4.78, 5) is 30.4. The Morgan fingerprint density at radius 1 is 1.12 bits per heavy atom. The number of carbonyl (C=O) groups excluding carboxylic acids is 2. The Labute approximate surface area is 183 Å². The number of ether oxygens (including phenoxy) is 2. The number of amides is 1. The van der Waals surface area contributed by atoms with E-state index >= 15 is 0 Å². The van der Waals surface area contributed by atoms with Crippen LogP contribution in [0.3, 0.4) is 0 Å². The SMILES string of the molecule is O=COCCc1cc2cc(CNC(=O)c3cccnc3Oc3ccc(F)cc3)ccc2[nH]1. The number of halogens is 1. The normalized spacial score (nSPS) is 10.7. The van der Waals surface area contributed by atoms with Gasteiger partial charge >= 0.3 is 0 Å². The molecule has 0 atom stereocenters. The van der Waals surface area contributed by atoms with E-state index < -0.39 is 0 Å². The van der Waals surface area contributed by atoms with E-state index in [9.17, 15) is 14.0 Å². The van der Waals surface area contributed by atoms with E-state index in [0.717, 1.165) is 22.2 Å². The molecule has 2 aromatic heterocycles. The lowest BCUT2D eigenvalue weighted by atomic mass is 10.1. The molecular formula is C24H20FN3O4. The van der Waals surface area contributed by atoms with Crippen LogP contribution in [0.5, 0.6) is 11.6 Å². The van der Waals surface area contributed by atoms with Gasteiger partial charge in [-0.3, -0.25) is 9.59 Å². The highest BCUT2D eigenvalue weighted by atomic mass is 19.1. The number of hydrogen-bond acceptors (Lipinski definition) is 5. The van der Waals surface area contributed by atoms with Crippen LogP contribution in [0.1, 0.15) is 21.6 Å². The molecular weight excluding hydrogens is 413 g/mol. The van der Waals surface area contributed by atoms with Crippen molar-refractivity contribution >= 4 is 23.3 Å². The molecule has 0 radical (unpaired) electrons. The van der Waals surface area contributed by atoms with E-state index in [-0.39, 0.29) is 23.2 Å². The fourth-order valence-electron chi connectivity index (χ4n) is 3.24. The summed E-state index contributed by atoms with van der Waals surface area (Å²) >= 11 is 0. The van der Waals surface area contributed by atoms with Crippen molar-refractivity contribution in [2.24, 2.45) is 0 Å². The summed E-state index contributed by atoms with van der Waals surface area (Å²) in [6.45, 7) is 1.06. The first-order chi connectivity index (χ1) is 15.6. The maximum Gasteiger partial charge on any atom is 0.293 e. The van der Waals surface area contributed by atoms with Crippen LogP contribution < -0.4 is 10.1 Å². The van der Waals surface area contributed by atoms with Crippen molar-refractivity contribution in [1.82, 2.24) is 15.3 Å². The lowest BCUT2D eigenvalue weighted by molar-refractivity contribution is -0.128. The maximum atomic E-state index is 13.1. The Hall–Kier alpha value is -4.20. The van der Waals surface area contributed by atoms with Crippen LogP contribution in [0.25, 0.3) is 10.9 Å². The number of hydrogen-bond donors (Lipinski definition) is 2. The molecule has 0 saturated carbocycles. The molecule has 0 aliphatic rings. The van der Waals surface area contributed by atoms with Gasteiger partial charge in [0, 0.05) is 30.4 Å². The number of fused-ring (bicyclic) bond motifs is 1. The molecule has 32 heavy (non-hydrogen) atoms. The summed E-state index contributed by atoms with van der Waals surface area (Å²) in [5, 5.41) is 3.88. The van der Waals surface area contributed by atoms with Crippen LogP contribution in [0.2, 0.25) is 0 Å². The third-order valence-corrected chi connectivity index (χ3v) is 4.80. The fourth-order valence-corrected chi connectivity index (χ4v) is 3.24. The van der Waals surface area contributed by atoms with Crippen LogP contribution in [-0.4, -0.2) is 29.0 Å². The topological polar surface area (TPSA) is 93.3 Å². The average molecular weight is 433 g/mol. The van der Waals surface area contributed by atoms with E-state index in [0.29, 0.717) is 31.8 Å². The fraction of sp³-hybridized carbons (Fsp3) is 0.125. The van der Waals surface area contributed by atoms with Gasteiger partial charge in [0.1, 0.15) is 17.1 Å². The number of aromatic amines is 1. The Morgan fingerprint density at radius 3 is 2.78 bits per heavy atom. The molecule has 0 aliphatic heterocycles. The second-order valence-electron chi connectivity index (χ2n) is 7.03.